The summed E-state index contributed by atoms with van der Waals surface area (Å²) >= 11 is 0. The van der Waals surface area contributed by atoms with Gasteiger partial charge in [-0.15, -0.1) is 0 Å². The molecular formula is C19H21N5O2. The van der Waals surface area contributed by atoms with Crippen molar-refractivity contribution < 1.29 is 9.59 Å². The van der Waals surface area contributed by atoms with Gasteiger partial charge in [0, 0.05) is 38.6 Å². The molecule has 0 radical (unpaired) electrons. The molecule has 2 aliphatic heterocycles. The molecule has 0 aromatic carbocycles. The Hall–Kier alpha value is -2.83. The molecular weight excluding hydrogens is 330 g/mol. The maximum absolute atomic E-state index is 13.1. The highest BCUT2D eigenvalue weighted by molar-refractivity contribution is 5.94. The summed E-state index contributed by atoms with van der Waals surface area (Å²) in [6.45, 7) is 2.47. The highest BCUT2D eigenvalue weighted by Gasteiger charge is 2.49. The zero-order chi connectivity index (χ0) is 18.0. The van der Waals surface area contributed by atoms with Gasteiger partial charge in [0.2, 0.25) is 5.91 Å². The lowest BCUT2D eigenvalue weighted by molar-refractivity contribution is -0.138. The maximum Gasteiger partial charge on any atom is 0.255 e. The lowest BCUT2D eigenvalue weighted by Gasteiger charge is -2.39. The van der Waals surface area contributed by atoms with Crippen LogP contribution in [-0.4, -0.2) is 56.4 Å². The summed E-state index contributed by atoms with van der Waals surface area (Å²) < 4.78 is 0. The number of aromatic nitrogens is 3. The SMILES string of the molecule is O=C(c1ccnnc1)N1CCC[C@]2(CCN(Cc3cccnc3)C2=O)C1. The van der Waals surface area contributed by atoms with Gasteiger partial charge in [0.15, 0.2) is 0 Å². The highest BCUT2D eigenvalue weighted by atomic mass is 16.2. The molecule has 0 aliphatic carbocycles. The highest BCUT2D eigenvalue weighted by Crippen LogP contribution is 2.40. The van der Waals surface area contributed by atoms with Crippen molar-refractivity contribution >= 4 is 11.8 Å². The Kier molecular flexibility index (Phi) is 4.36. The van der Waals surface area contributed by atoms with Crippen molar-refractivity contribution in [2.75, 3.05) is 19.6 Å². The van der Waals surface area contributed by atoms with Crippen LogP contribution in [0, 0.1) is 5.41 Å². The molecule has 2 aromatic rings. The third-order valence-electron chi connectivity index (χ3n) is 5.39. The first-order valence-electron chi connectivity index (χ1n) is 8.92. The number of piperidine rings is 1. The smallest absolute Gasteiger partial charge is 0.255 e. The number of rotatable bonds is 3. The molecule has 2 aromatic heterocycles. The van der Waals surface area contributed by atoms with Crippen LogP contribution in [0.15, 0.2) is 43.0 Å². The van der Waals surface area contributed by atoms with E-state index >= 15 is 0 Å². The van der Waals surface area contributed by atoms with E-state index in [1.807, 2.05) is 17.0 Å². The molecule has 2 aliphatic rings. The number of amides is 2. The minimum Gasteiger partial charge on any atom is -0.338 e. The van der Waals surface area contributed by atoms with E-state index in [9.17, 15) is 9.59 Å². The Labute approximate surface area is 152 Å². The summed E-state index contributed by atoms with van der Waals surface area (Å²) in [5.41, 5.74) is 1.11. The molecule has 2 saturated heterocycles. The molecule has 4 heterocycles. The summed E-state index contributed by atoms with van der Waals surface area (Å²) in [6, 6.07) is 5.54. The summed E-state index contributed by atoms with van der Waals surface area (Å²) in [6.07, 6.45) is 9.01. The largest absolute Gasteiger partial charge is 0.338 e. The minimum absolute atomic E-state index is 0.0718. The number of hydrogen-bond donors (Lipinski definition) is 0. The first-order valence-corrected chi connectivity index (χ1v) is 8.92. The topological polar surface area (TPSA) is 79.3 Å². The van der Waals surface area contributed by atoms with Crippen LogP contribution in [0.1, 0.15) is 35.2 Å². The quantitative estimate of drug-likeness (QED) is 0.838. The van der Waals surface area contributed by atoms with Crippen LogP contribution >= 0.6 is 0 Å². The maximum atomic E-state index is 13.1. The van der Waals surface area contributed by atoms with E-state index in [4.69, 9.17) is 0 Å². The lowest BCUT2D eigenvalue weighted by Crippen LogP contribution is -2.49. The van der Waals surface area contributed by atoms with E-state index in [-0.39, 0.29) is 11.8 Å². The first-order chi connectivity index (χ1) is 12.7. The Morgan fingerprint density at radius 1 is 1.12 bits per heavy atom. The van der Waals surface area contributed by atoms with Gasteiger partial charge in [0.25, 0.3) is 5.91 Å². The summed E-state index contributed by atoms with van der Waals surface area (Å²) in [5.74, 6) is 0.0872. The number of hydrogen-bond acceptors (Lipinski definition) is 5. The molecule has 0 N–H and O–H groups in total. The van der Waals surface area contributed by atoms with Crippen molar-refractivity contribution in [1.82, 2.24) is 25.0 Å². The Morgan fingerprint density at radius 2 is 2.04 bits per heavy atom. The second kappa shape index (κ2) is 6.82. The van der Waals surface area contributed by atoms with Gasteiger partial charge in [-0.25, -0.2) is 0 Å². The second-order valence-corrected chi connectivity index (χ2v) is 7.08. The molecule has 0 bridgehead atoms. The van der Waals surface area contributed by atoms with Crippen molar-refractivity contribution in [2.45, 2.75) is 25.8 Å². The van der Waals surface area contributed by atoms with Crippen LogP contribution in [0.2, 0.25) is 0 Å². The normalized spacial score (nSPS) is 22.8. The molecule has 134 valence electrons. The second-order valence-electron chi connectivity index (χ2n) is 7.08. The Morgan fingerprint density at radius 3 is 2.81 bits per heavy atom. The zero-order valence-corrected chi connectivity index (χ0v) is 14.5. The van der Waals surface area contributed by atoms with Crippen molar-refractivity contribution in [3.8, 4) is 0 Å². The molecule has 1 spiro atoms. The number of nitrogens with zero attached hydrogens (tertiary/aromatic N) is 5. The third-order valence-corrected chi connectivity index (χ3v) is 5.39. The standard InChI is InChI=1S/C19H21N5O2/c25-17(16-4-8-21-22-12-16)24-9-2-5-19(14-24)6-10-23(18(19)26)13-15-3-1-7-20-11-15/h1,3-4,7-8,11-12H,2,5-6,9-10,13-14H2/t19-/m0/s1. The van der Waals surface area contributed by atoms with Crippen LogP contribution < -0.4 is 0 Å². The molecule has 7 nitrogen and oxygen atoms in total. The van der Waals surface area contributed by atoms with Crippen LogP contribution in [0.3, 0.4) is 0 Å². The Balaban J connectivity index is 1.48. The van der Waals surface area contributed by atoms with E-state index in [0.29, 0.717) is 25.2 Å². The van der Waals surface area contributed by atoms with Gasteiger partial charge in [-0.3, -0.25) is 14.6 Å². The predicted molar refractivity (Wildman–Crippen MR) is 93.9 cm³/mol. The van der Waals surface area contributed by atoms with Gasteiger partial charge >= 0.3 is 0 Å². The molecule has 7 heteroatoms. The summed E-state index contributed by atoms with van der Waals surface area (Å²) in [4.78, 5) is 33.7. The van der Waals surface area contributed by atoms with Crippen LogP contribution in [-0.2, 0) is 11.3 Å². The molecule has 0 saturated carbocycles. The number of carbonyl (C=O) groups is 2. The van der Waals surface area contributed by atoms with E-state index in [0.717, 1.165) is 31.4 Å². The van der Waals surface area contributed by atoms with Crippen molar-refractivity contribution in [1.29, 1.82) is 0 Å². The zero-order valence-electron chi connectivity index (χ0n) is 14.5. The van der Waals surface area contributed by atoms with Gasteiger partial charge in [-0.2, -0.15) is 10.2 Å². The average molecular weight is 351 g/mol. The van der Waals surface area contributed by atoms with E-state index in [2.05, 4.69) is 15.2 Å². The van der Waals surface area contributed by atoms with E-state index in [1.165, 1.54) is 12.4 Å². The molecule has 0 unspecified atom stereocenters. The summed E-state index contributed by atoms with van der Waals surface area (Å²) in [7, 11) is 0. The van der Waals surface area contributed by atoms with Gasteiger partial charge < -0.3 is 9.80 Å². The Bertz CT molecular complexity index is 798. The number of carbonyl (C=O) groups excluding carboxylic acids is 2. The van der Waals surface area contributed by atoms with Crippen LogP contribution in [0.25, 0.3) is 0 Å². The first kappa shape index (κ1) is 16.6. The molecule has 1 atom stereocenters. The molecule has 2 amide bonds. The number of pyridine rings is 1. The van der Waals surface area contributed by atoms with Gasteiger partial charge in [0.1, 0.15) is 0 Å². The fraction of sp³-hybridized carbons (Fsp3) is 0.421. The fourth-order valence-electron chi connectivity index (χ4n) is 4.04. The van der Waals surface area contributed by atoms with Crippen LogP contribution in [0.4, 0.5) is 0 Å². The molecule has 26 heavy (non-hydrogen) atoms. The van der Waals surface area contributed by atoms with Gasteiger partial charge in [-0.05, 0) is 37.0 Å². The molecule has 4 rings (SSSR count). The minimum atomic E-state index is -0.448. The van der Waals surface area contributed by atoms with Gasteiger partial charge in [0.05, 0.1) is 23.4 Å². The summed E-state index contributed by atoms with van der Waals surface area (Å²) in [5, 5.41) is 7.50. The van der Waals surface area contributed by atoms with Crippen molar-refractivity contribution in [3.63, 3.8) is 0 Å². The van der Waals surface area contributed by atoms with Crippen molar-refractivity contribution in [2.24, 2.45) is 5.41 Å². The van der Waals surface area contributed by atoms with Crippen molar-refractivity contribution in [3.05, 3.63) is 54.1 Å². The fourth-order valence-corrected chi connectivity index (χ4v) is 4.04. The van der Waals surface area contributed by atoms with Crippen LogP contribution in [0.5, 0.6) is 0 Å². The third kappa shape index (κ3) is 3.05. The number of likely N-dealkylation sites (tertiary alicyclic amines) is 2. The van der Waals surface area contributed by atoms with E-state index < -0.39 is 5.41 Å². The lowest BCUT2D eigenvalue weighted by atomic mass is 9.78. The monoisotopic (exact) mass is 351 g/mol. The molecule has 2 fully saturated rings. The average Bonchev–Trinajstić information content (AvgIpc) is 2.98. The van der Waals surface area contributed by atoms with E-state index in [1.54, 1.807) is 23.4 Å². The predicted octanol–water partition coefficient (Wildman–Crippen LogP) is 1.53. The van der Waals surface area contributed by atoms with Gasteiger partial charge in [-0.1, -0.05) is 6.07 Å².